The normalized spacial score (nSPS) is 11.7. The molecule has 1 aromatic carbocycles. The highest BCUT2D eigenvalue weighted by molar-refractivity contribution is 6.04. The van der Waals surface area contributed by atoms with Gasteiger partial charge in [-0.3, -0.25) is 9.20 Å². The molecule has 1 N–H and O–H groups in total. The molecule has 3 rings (SSSR count). The number of carbonyl (C=O) groups is 1. The molecule has 0 spiro atoms. The Morgan fingerprint density at radius 2 is 1.92 bits per heavy atom. The topological polar surface area (TPSA) is 46.4 Å². The maximum absolute atomic E-state index is 13.0. The molecule has 0 aliphatic heterocycles. The number of rotatable bonds is 3. The lowest BCUT2D eigenvalue weighted by Gasteiger charge is -2.11. The van der Waals surface area contributed by atoms with Crippen LogP contribution in [0.5, 0.6) is 0 Å². The highest BCUT2D eigenvalue weighted by Gasteiger charge is 2.31. The molecule has 4 nitrogen and oxygen atoms in total. The Morgan fingerprint density at radius 3 is 2.60 bits per heavy atom. The number of benzene rings is 1. The number of nitrogens with zero attached hydrogens (tertiary/aromatic N) is 2. The van der Waals surface area contributed by atoms with E-state index < -0.39 is 17.6 Å². The largest absolute Gasteiger partial charge is 0.417 e. The predicted molar refractivity (Wildman–Crippen MR) is 88.7 cm³/mol. The molecule has 1 amide bonds. The number of halogens is 3. The van der Waals surface area contributed by atoms with Crippen LogP contribution < -0.4 is 5.32 Å². The molecule has 25 heavy (non-hydrogen) atoms. The highest BCUT2D eigenvalue weighted by atomic mass is 19.4. The Morgan fingerprint density at radius 1 is 1.20 bits per heavy atom. The molecule has 0 saturated heterocycles. The SMILES string of the molecule is CCc1ccccc1NC(=O)c1c(C)nc2ccc(C(F)(F)F)cn12. The van der Waals surface area contributed by atoms with Gasteiger partial charge >= 0.3 is 6.18 Å². The summed E-state index contributed by atoms with van der Waals surface area (Å²) in [6.07, 6.45) is -2.87. The monoisotopic (exact) mass is 347 g/mol. The van der Waals surface area contributed by atoms with Crippen molar-refractivity contribution in [2.45, 2.75) is 26.4 Å². The molecule has 130 valence electrons. The van der Waals surface area contributed by atoms with Crippen LogP contribution in [-0.2, 0) is 12.6 Å². The third-order valence-electron chi connectivity index (χ3n) is 3.98. The van der Waals surface area contributed by atoms with Crippen molar-refractivity contribution in [3.63, 3.8) is 0 Å². The fraction of sp³-hybridized carbons (Fsp3) is 0.222. The molecule has 2 heterocycles. The van der Waals surface area contributed by atoms with Crippen molar-refractivity contribution < 1.29 is 18.0 Å². The number of para-hydroxylation sites is 1. The fourth-order valence-electron chi connectivity index (χ4n) is 2.74. The Hall–Kier alpha value is -2.83. The molecular weight excluding hydrogens is 331 g/mol. The summed E-state index contributed by atoms with van der Waals surface area (Å²) in [6, 6.07) is 9.51. The lowest BCUT2D eigenvalue weighted by Crippen LogP contribution is -2.17. The van der Waals surface area contributed by atoms with Gasteiger partial charge in [-0.25, -0.2) is 4.98 Å². The van der Waals surface area contributed by atoms with Gasteiger partial charge in [-0.05, 0) is 37.1 Å². The van der Waals surface area contributed by atoms with Gasteiger partial charge in [-0.2, -0.15) is 13.2 Å². The number of anilines is 1. The Labute approximate surface area is 142 Å². The van der Waals surface area contributed by atoms with Gasteiger partial charge in [0, 0.05) is 11.9 Å². The van der Waals surface area contributed by atoms with E-state index in [1.807, 2.05) is 19.1 Å². The summed E-state index contributed by atoms with van der Waals surface area (Å²) in [5.74, 6) is -0.495. The molecule has 3 aromatic rings. The number of fused-ring (bicyclic) bond motifs is 1. The number of pyridine rings is 1. The quantitative estimate of drug-likeness (QED) is 0.759. The van der Waals surface area contributed by atoms with Crippen molar-refractivity contribution in [2.75, 3.05) is 5.32 Å². The summed E-state index contributed by atoms with van der Waals surface area (Å²) in [7, 11) is 0. The number of alkyl halides is 3. The van der Waals surface area contributed by atoms with Crippen molar-refractivity contribution >= 4 is 17.2 Å². The summed E-state index contributed by atoms with van der Waals surface area (Å²) in [4.78, 5) is 16.9. The number of amides is 1. The summed E-state index contributed by atoms with van der Waals surface area (Å²) in [6.45, 7) is 3.56. The van der Waals surface area contributed by atoms with Crippen molar-refractivity contribution in [3.8, 4) is 0 Å². The van der Waals surface area contributed by atoms with Crippen molar-refractivity contribution in [1.29, 1.82) is 0 Å². The van der Waals surface area contributed by atoms with Gasteiger partial charge in [0.1, 0.15) is 11.3 Å². The maximum atomic E-state index is 13.0. The molecular formula is C18H16F3N3O. The van der Waals surface area contributed by atoms with Gasteiger partial charge in [-0.1, -0.05) is 25.1 Å². The standard InChI is InChI=1S/C18H16F3N3O/c1-3-12-6-4-5-7-14(12)23-17(25)16-11(2)22-15-9-8-13(10-24(15)16)18(19,20)21/h4-10H,3H2,1-2H3,(H,23,25). The summed E-state index contributed by atoms with van der Waals surface area (Å²) >= 11 is 0. The number of imidazole rings is 1. The van der Waals surface area contributed by atoms with Crippen LogP contribution in [0.4, 0.5) is 18.9 Å². The highest BCUT2D eigenvalue weighted by Crippen LogP contribution is 2.30. The van der Waals surface area contributed by atoms with Crippen LogP contribution in [0.1, 0.15) is 34.2 Å². The van der Waals surface area contributed by atoms with Gasteiger partial charge in [0.2, 0.25) is 0 Å². The number of aromatic nitrogens is 2. The second kappa shape index (κ2) is 6.23. The fourth-order valence-corrected chi connectivity index (χ4v) is 2.74. The van der Waals surface area contributed by atoms with Crippen LogP contribution in [0.25, 0.3) is 5.65 Å². The summed E-state index contributed by atoms with van der Waals surface area (Å²) in [5.41, 5.74) is 1.49. The first-order valence-electron chi connectivity index (χ1n) is 7.76. The van der Waals surface area contributed by atoms with Crippen molar-refractivity contribution in [3.05, 3.63) is 65.1 Å². The zero-order valence-corrected chi connectivity index (χ0v) is 13.7. The number of nitrogens with one attached hydrogen (secondary N) is 1. The van der Waals surface area contributed by atoms with Gasteiger partial charge in [-0.15, -0.1) is 0 Å². The van der Waals surface area contributed by atoms with E-state index in [2.05, 4.69) is 10.3 Å². The van der Waals surface area contributed by atoms with E-state index in [0.29, 0.717) is 17.0 Å². The average molecular weight is 347 g/mol. The first-order chi connectivity index (χ1) is 11.8. The second-order valence-corrected chi connectivity index (χ2v) is 5.65. The van der Waals surface area contributed by atoms with Crippen molar-refractivity contribution in [2.24, 2.45) is 0 Å². The molecule has 0 bridgehead atoms. The van der Waals surface area contributed by atoms with Crippen LogP contribution in [0.15, 0.2) is 42.6 Å². The smallest absolute Gasteiger partial charge is 0.320 e. The lowest BCUT2D eigenvalue weighted by molar-refractivity contribution is -0.137. The second-order valence-electron chi connectivity index (χ2n) is 5.65. The molecule has 0 atom stereocenters. The van der Waals surface area contributed by atoms with Crippen molar-refractivity contribution in [1.82, 2.24) is 9.38 Å². The maximum Gasteiger partial charge on any atom is 0.417 e. The molecule has 0 saturated carbocycles. The zero-order valence-electron chi connectivity index (χ0n) is 13.7. The van der Waals surface area contributed by atoms with Crippen LogP contribution >= 0.6 is 0 Å². The summed E-state index contributed by atoms with van der Waals surface area (Å²) < 4.78 is 40.1. The van der Waals surface area contributed by atoms with Crippen LogP contribution in [0, 0.1) is 6.92 Å². The van der Waals surface area contributed by atoms with Crippen LogP contribution in [0.2, 0.25) is 0 Å². The van der Waals surface area contributed by atoms with Crippen LogP contribution in [-0.4, -0.2) is 15.3 Å². The van der Waals surface area contributed by atoms with E-state index in [4.69, 9.17) is 0 Å². The molecule has 0 aliphatic carbocycles. The summed E-state index contributed by atoms with van der Waals surface area (Å²) in [5, 5.41) is 2.77. The first-order valence-corrected chi connectivity index (χ1v) is 7.76. The minimum Gasteiger partial charge on any atom is -0.320 e. The minimum absolute atomic E-state index is 0.0898. The third-order valence-corrected chi connectivity index (χ3v) is 3.98. The number of aryl methyl sites for hydroxylation is 2. The minimum atomic E-state index is -4.49. The van der Waals surface area contributed by atoms with E-state index in [0.717, 1.165) is 24.2 Å². The first kappa shape index (κ1) is 17.0. The molecule has 2 aromatic heterocycles. The Kier molecular flexibility index (Phi) is 4.24. The number of carbonyl (C=O) groups excluding carboxylic acids is 1. The predicted octanol–water partition coefficient (Wildman–Crippen LogP) is 4.48. The van der Waals surface area contributed by atoms with Gasteiger partial charge in [0.15, 0.2) is 0 Å². The number of hydrogen-bond donors (Lipinski definition) is 1. The molecule has 0 radical (unpaired) electrons. The van der Waals surface area contributed by atoms with Gasteiger partial charge in [0.25, 0.3) is 5.91 Å². The molecule has 0 aliphatic rings. The molecule has 7 heteroatoms. The zero-order chi connectivity index (χ0) is 18.2. The van der Waals surface area contributed by atoms with Gasteiger partial charge < -0.3 is 5.32 Å². The van der Waals surface area contributed by atoms with E-state index >= 15 is 0 Å². The third kappa shape index (κ3) is 3.22. The Balaban J connectivity index is 2.05. The average Bonchev–Trinajstić information content (AvgIpc) is 2.89. The number of hydrogen-bond acceptors (Lipinski definition) is 2. The Bertz CT molecular complexity index is 944. The van der Waals surface area contributed by atoms with E-state index in [1.54, 1.807) is 19.1 Å². The van der Waals surface area contributed by atoms with E-state index in [9.17, 15) is 18.0 Å². The van der Waals surface area contributed by atoms with Crippen LogP contribution in [0.3, 0.4) is 0 Å². The van der Waals surface area contributed by atoms with E-state index in [1.165, 1.54) is 10.5 Å². The molecule has 0 fully saturated rings. The van der Waals surface area contributed by atoms with Gasteiger partial charge in [0.05, 0.1) is 11.3 Å². The van der Waals surface area contributed by atoms with E-state index in [-0.39, 0.29) is 5.69 Å². The lowest BCUT2D eigenvalue weighted by atomic mass is 10.1. The molecule has 0 unspecified atom stereocenters.